The predicted octanol–water partition coefficient (Wildman–Crippen LogP) is 1.71. The fraction of sp³-hybridized carbons (Fsp3) is 0.933. The molecule has 4 heteroatoms. The molecule has 3 unspecified atom stereocenters. The first-order valence-electron chi connectivity index (χ1n) is 7.78. The van der Waals surface area contributed by atoms with Gasteiger partial charge in [0, 0.05) is 25.2 Å². The summed E-state index contributed by atoms with van der Waals surface area (Å²) in [5.74, 6) is 0.278. The van der Waals surface area contributed by atoms with Gasteiger partial charge >= 0.3 is 0 Å². The van der Waals surface area contributed by atoms with Gasteiger partial charge < -0.3 is 10.2 Å². The van der Waals surface area contributed by atoms with E-state index < -0.39 is 0 Å². The van der Waals surface area contributed by atoms with Crippen LogP contribution in [-0.2, 0) is 4.79 Å². The number of nitrogens with one attached hydrogen (secondary N) is 1. The molecule has 1 aliphatic rings. The van der Waals surface area contributed by atoms with Crippen LogP contribution in [0.4, 0.5) is 0 Å². The van der Waals surface area contributed by atoms with Gasteiger partial charge in [0.2, 0.25) is 5.91 Å². The molecule has 1 amide bonds. The van der Waals surface area contributed by atoms with Crippen molar-refractivity contribution in [3.05, 3.63) is 0 Å². The van der Waals surface area contributed by atoms with Crippen LogP contribution in [-0.4, -0.2) is 60.5 Å². The second-order valence-corrected chi connectivity index (χ2v) is 5.56. The van der Waals surface area contributed by atoms with E-state index in [0.29, 0.717) is 12.1 Å². The van der Waals surface area contributed by atoms with E-state index in [4.69, 9.17) is 0 Å². The van der Waals surface area contributed by atoms with Crippen LogP contribution in [0.2, 0.25) is 0 Å². The van der Waals surface area contributed by atoms with Gasteiger partial charge in [-0.2, -0.15) is 0 Å². The van der Waals surface area contributed by atoms with E-state index in [0.717, 1.165) is 19.6 Å². The van der Waals surface area contributed by atoms with Crippen molar-refractivity contribution >= 4 is 5.91 Å². The van der Waals surface area contributed by atoms with Gasteiger partial charge in [-0.3, -0.25) is 9.69 Å². The summed E-state index contributed by atoms with van der Waals surface area (Å²) in [6, 6.07) is 0.918. The molecule has 0 radical (unpaired) electrons. The van der Waals surface area contributed by atoms with E-state index >= 15 is 0 Å². The minimum atomic E-state index is 0.000926. The first-order chi connectivity index (χ1) is 9.06. The Morgan fingerprint density at radius 2 is 1.95 bits per heavy atom. The lowest BCUT2D eigenvalue weighted by Gasteiger charge is -2.43. The average molecular weight is 269 g/mol. The number of amides is 1. The van der Waals surface area contributed by atoms with Gasteiger partial charge in [0.15, 0.2) is 0 Å². The van der Waals surface area contributed by atoms with Gasteiger partial charge in [-0.1, -0.05) is 6.42 Å². The molecule has 0 aliphatic carbocycles. The number of likely N-dealkylation sites (tertiary alicyclic amines) is 1. The third-order valence-electron chi connectivity index (χ3n) is 4.55. The lowest BCUT2D eigenvalue weighted by atomic mass is 9.94. The summed E-state index contributed by atoms with van der Waals surface area (Å²) in [6.45, 7) is 11.1. The molecule has 3 atom stereocenters. The zero-order valence-electron chi connectivity index (χ0n) is 13.3. The van der Waals surface area contributed by atoms with Gasteiger partial charge in [-0.25, -0.2) is 0 Å². The van der Waals surface area contributed by atoms with E-state index in [2.05, 4.69) is 37.9 Å². The summed E-state index contributed by atoms with van der Waals surface area (Å²) in [5.41, 5.74) is 0. The molecule has 0 aromatic heterocycles. The molecule has 1 aliphatic heterocycles. The first kappa shape index (κ1) is 16.4. The number of nitrogens with zero attached hydrogens (tertiary/aromatic N) is 2. The molecular formula is C15H31N3O. The summed E-state index contributed by atoms with van der Waals surface area (Å²) in [7, 11) is 2.01. The monoisotopic (exact) mass is 269 g/mol. The van der Waals surface area contributed by atoms with E-state index in [1.54, 1.807) is 0 Å². The highest BCUT2D eigenvalue weighted by atomic mass is 16.2. The maximum absolute atomic E-state index is 12.5. The van der Waals surface area contributed by atoms with Crippen molar-refractivity contribution in [2.45, 2.75) is 65.1 Å². The highest BCUT2D eigenvalue weighted by Crippen LogP contribution is 2.23. The maximum Gasteiger partial charge on any atom is 0.239 e. The number of carbonyl (C=O) groups is 1. The zero-order chi connectivity index (χ0) is 14.4. The smallest absolute Gasteiger partial charge is 0.239 e. The lowest BCUT2D eigenvalue weighted by molar-refractivity contribution is -0.137. The summed E-state index contributed by atoms with van der Waals surface area (Å²) in [5, 5.41) is 3.35. The van der Waals surface area contributed by atoms with E-state index in [1.165, 1.54) is 19.3 Å². The zero-order valence-corrected chi connectivity index (χ0v) is 13.3. The fourth-order valence-corrected chi connectivity index (χ4v) is 3.13. The second kappa shape index (κ2) is 7.85. The number of carbonyl (C=O) groups excluding carboxylic acids is 1. The van der Waals surface area contributed by atoms with Gasteiger partial charge in [0.25, 0.3) is 0 Å². The third-order valence-corrected chi connectivity index (χ3v) is 4.55. The van der Waals surface area contributed by atoms with Gasteiger partial charge in [-0.05, 0) is 54.1 Å². The Bertz CT molecular complexity index is 279. The number of hydrogen-bond acceptors (Lipinski definition) is 3. The van der Waals surface area contributed by atoms with Crippen LogP contribution >= 0.6 is 0 Å². The fourth-order valence-electron chi connectivity index (χ4n) is 3.13. The van der Waals surface area contributed by atoms with Crippen LogP contribution in [0.3, 0.4) is 0 Å². The van der Waals surface area contributed by atoms with Crippen molar-refractivity contribution < 1.29 is 4.79 Å². The molecule has 0 aromatic rings. The summed E-state index contributed by atoms with van der Waals surface area (Å²) in [6.07, 6.45) is 3.68. The maximum atomic E-state index is 12.5. The summed E-state index contributed by atoms with van der Waals surface area (Å²) >= 11 is 0. The van der Waals surface area contributed by atoms with E-state index in [1.807, 2.05) is 11.9 Å². The molecule has 1 saturated heterocycles. The van der Waals surface area contributed by atoms with Gasteiger partial charge in [0.05, 0.1) is 6.04 Å². The Hall–Kier alpha value is -0.610. The number of likely N-dealkylation sites (N-methyl/N-ethyl adjacent to an activating group) is 2. The average Bonchev–Trinajstić information content (AvgIpc) is 2.46. The Morgan fingerprint density at radius 1 is 1.32 bits per heavy atom. The minimum Gasteiger partial charge on any atom is -0.342 e. The minimum absolute atomic E-state index is 0.000926. The quantitative estimate of drug-likeness (QED) is 0.797. The molecule has 0 saturated carbocycles. The van der Waals surface area contributed by atoms with Gasteiger partial charge in [-0.15, -0.1) is 0 Å². The highest BCUT2D eigenvalue weighted by Gasteiger charge is 2.34. The van der Waals surface area contributed by atoms with Crippen LogP contribution in [0, 0.1) is 0 Å². The Kier molecular flexibility index (Phi) is 6.80. The standard InChI is InChI=1S/C15H31N3O/c1-6-17(7-2)15(19)13(4)18-11-9-8-10-14(18)12(3)16-5/h12-14,16H,6-11H2,1-5H3. The van der Waals surface area contributed by atoms with E-state index in [9.17, 15) is 4.79 Å². The summed E-state index contributed by atoms with van der Waals surface area (Å²) < 4.78 is 0. The molecule has 1 rings (SSSR count). The first-order valence-corrected chi connectivity index (χ1v) is 7.78. The molecule has 1 N–H and O–H groups in total. The van der Waals surface area contributed by atoms with Crippen molar-refractivity contribution in [2.75, 3.05) is 26.7 Å². The molecule has 0 bridgehead atoms. The second-order valence-electron chi connectivity index (χ2n) is 5.56. The van der Waals surface area contributed by atoms with Crippen molar-refractivity contribution in [3.8, 4) is 0 Å². The van der Waals surface area contributed by atoms with Crippen LogP contribution in [0.1, 0.15) is 47.0 Å². The topological polar surface area (TPSA) is 35.6 Å². The normalized spacial score (nSPS) is 23.9. The predicted molar refractivity (Wildman–Crippen MR) is 80.3 cm³/mol. The highest BCUT2D eigenvalue weighted by molar-refractivity contribution is 5.81. The Labute approximate surface area is 118 Å². The molecule has 1 heterocycles. The number of hydrogen-bond donors (Lipinski definition) is 1. The van der Waals surface area contributed by atoms with Crippen molar-refractivity contribution in [3.63, 3.8) is 0 Å². The third kappa shape index (κ3) is 3.93. The number of piperidine rings is 1. The van der Waals surface area contributed by atoms with Crippen LogP contribution < -0.4 is 5.32 Å². The van der Waals surface area contributed by atoms with Crippen LogP contribution in [0.5, 0.6) is 0 Å². The van der Waals surface area contributed by atoms with Crippen molar-refractivity contribution in [2.24, 2.45) is 0 Å². The van der Waals surface area contributed by atoms with Crippen molar-refractivity contribution in [1.82, 2.24) is 15.1 Å². The van der Waals surface area contributed by atoms with Crippen LogP contribution in [0.25, 0.3) is 0 Å². The summed E-state index contributed by atoms with van der Waals surface area (Å²) in [4.78, 5) is 16.9. The lowest BCUT2D eigenvalue weighted by Crippen LogP contribution is -2.57. The Balaban J connectivity index is 2.76. The molecule has 0 aromatic carbocycles. The van der Waals surface area contributed by atoms with E-state index in [-0.39, 0.29) is 11.9 Å². The molecule has 1 fully saturated rings. The Morgan fingerprint density at radius 3 is 2.47 bits per heavy atom. The van der Waals surface area contributed by atoms with Gasteiger partial charge in [0.1, 0.15) is 0 Å². The van der Waals surface area contributed by atoms with Crippen LogP contribution in [0.15, 0.2) is 0 Å². The molecule has 4 nitrogen and oxygen atoms in total. The SMILES string of the molecule is CCN(CC)C(=O)C(C)N1CCCCC1C(C)NC. The largest absolute Gasteiger partial charge is 0.342 e. The van der Waals surface area contributed by atoms with Crippen molar-refractivity contribution in [1.29, 1.82) is 0 Å². The molecule has 112 valence electrons. The molecule has 19 heavy (non-hydrogen) atoms. The molecular weight excluding hydrogens is 238 g/mol. The molecule has 0 spiro atoms. The number of rotatable bonds is 6.